The number of rotatable bonds is 8. The van der Waals surface area contributed by atoms with E-state index in [1.807, 2.05) is 11.1 Å². The molecule has 4 aliphatic carbocycles. The second-order valence-corrected chi connectivity index (χ2v) is 22.5. The summed E-state index contributed by atoms with van der Waals surface area (Å²) in [6, 6.07) is 32.2. The van der Waals surface area contributed by atoms with Gasteiger partial charge in [-0.2, -0.15) is 0 Å². The van der Waals surface area contributed by atoms with Crippen molar-refractivity contribution in [3.8, 4) is 33.8 Å². The topological polar surface area (TPSA) is 18.5 Å². The predicted octanol–water partition coefficient (Wildman–Crippen LogP) is 6.40. The molecule has 0 spiro atoms. The van der Waals surface area contributed by atoms with E-state index in [9.17, 15) is 0 Å². The Kier molecular flexibility index (Phi) is 10.5. The van der Waals surface area contributed by atoms with Gasteiger partial charge in [0, 0.05) is 0 Å². The maximum atomic E-state index is 5.54. The summed E-state index contributed by atoms with van der Waals surface area (Å²) in [7, 11) is 3.52. The Balaban J connectivity index is 0.00000196. The van der Waals surface area contributed by atoms with Crippen molar-refractivity contribution in [2.45, 2.75) is 75.7 Å². The van der Waals surface area contributed by atoms with Gasteiger partial charge in [0.05, 0.1) is 0 Å². The van der Waals surface area contributed by atoms with Crippen molar-refractivity contribution in [1.29, 1.82) is 0 Å². The van der Waals surface area contributed by atoms with Crippen LogP contribution in [-0.2, 0) is 16.6 Å². The number of methoxy groups -OCH3 is 2. The summed E-state index contributed by atoms with van der Waals surface area (Å²) in [6.45, 7) is 0. The minimum absolute atomic E-state index is 0. The molecule has 9 rings (SSSR count). The van der Waals surface area contributed by atoms with Crippen molar-refractivity contribution in [1.82, 2.24) is 0 Å². The van der Waals surface area contributed by atoms with Gasteiger partial charge in [0.25, 0.3) is 0 Å². The minimum atomic E-state index is -2.63. The van der Waals surface area contributed by atoms with Crippen LogP contribution < -0.4 is 34.3 Å². The molecule has 2 nitrogen and oxygen atoms in total. The van der Waals surface area contributed by atoms with Crippen molar-refractivity contribution in [3.05, 3.63) is 118 Å². The second kappa shape index (κ2) is 14.7. The van der Waals surface area contributed by atoms with E-state index in [2.05, 4.69) is 97.1 Å². The van der Waals surface area contributed by atoms with Crippen LogP contribution >= 0.6 is 0 Å². The van der Waals surface area contributed by atoms with E-state index in [-0.39, 0.29) is 24.8 Å². The van der Waals surface area contributed by atoms with Gasteiger partial charge in [0.2, 0.25) is 0 Å². The molecule has 4 aromatic carbocycles. The molecular formula is C45H48Cl2O2Ti. The normalized spacial score (nSPS) is 21.4. The molecular weight excluding hydrogens is 691 g/mol. The summed E-state index contributed by atoms with van der Waals surface area (Å²) < 4.78 is 15.4. The second-order valence-electron chi connectivity index (χ2n) is 15.3. The monoisotopic (exact) mass is 738 g/mol. The van der Waals surface area contributed by atoms with Crippen molar-refractivity contribution >= 4 is 12.2 Å². The third-order valence-electron chi connectivity index (χ3n) is 13.1. The number of allylic oxidation sites excluding steroid dienone is 2. The molecule has 1 aliphatic heterocycles. The first kappa shape index (κ1) is 35.6. The van der Waals surface area contributed by atoms with E-state index in [0.29, 0.717) is 8.45 Å². The van der Waals surface area contributed by atoms with Gasteiger partial charge < -0.3 is 24.8 Å². The maximum Gasteiger partial charge on any atom is -1.00 e. The molecule has 2 atom stereocenters. The number of benzene rings is 4. The Morgan fingerprint density at radius 2 is 0.900 bits per heavy atom. The zero-order valence-corrected chi connectivity index (χ0v) is 32.5. The summed E-state index contributed by atoms with van der Waals surface area (Å²) in [5.41, 5.74) is 15.5. The van der Waals surface area contributed by atoms with Crippen LogP contribution in [0.25, 0.3) is 34.4 Å². The van der Waals surface area contributed by atoms with Gasteiger partial charge in [-0.25, -0.2) is 0 Å². The van der Waals surface area contributed by atoms with Crippen LogP contribution in [0.1, 0.15) is 88.5 Å². The molecule has 0 aromatic heterocycles. The SMILES string of the molecule is COc1ccc(-c2cccc3c2C=C(C2CCCC2)[CH]3[Ti+2]2([CH]3C(C4CCCC4)=Cc4c(-c5ccc(OC)cc5)cccc43)[CH2]C[CH2]2)cc1.[Cl-].[Cl-]. The molecule has 1 saturated heterocycles. The van der Waals surface area contributed by atoms with E-state index in [1.54, 1.807) is 25.3 Å². The van der Waals surface area contributed by atoms with Gasteiger partial charge in [-0.15, -0.1) is 0 Å². The van der Waals surface area contributed by atoms with E-state index in [1.165, 1.54) is 101 Å². The molecule has 3 fully saturated rings. The Hall–Kier alpha value is -2.75. The average Bonchev–Trinajstić information content (AvgIpc) is 3.95. The third kappa shape index (κ3) is 5.83. The largest absolute Gasteiger partial charge is 1.00 e. The van der Waals surface area contributed by atoms with Gasteiger partial charge in [-0.1, -0.05) is 0 Å². The first-order valence-corrected chi connectivity index (χ1v) is 22.7. The van der Waals surface area contributed by atoms with Gasteiger partial charge in [0.1, 0.15) is 0 Å². The molecule has 0 N–H and O–H groups in total. The van der Waals surface area contributed by atoms with E-state index in [4.69, 9.17) is 9.47 Å². The minimum Gasteiger partial charge on any atom is -1.00 e. The maximum absolute atomic E-state index is 5.54. The first-order valence-electron chi connectivity index (χ1n) is 18.7. The average molecular weight is 740 g/mol. The first-order chi connectivity index (χ1) is 23.7. The standard InChI is InChI=1S/2C21H21O.C3H6.2ClH.Ti/c2*1-22-19-11-9-16(10-12-19)20-8-4-7-17-13-18(14-21(17)20)15-5-2-3-6-15;1-3-2;;;/h2*4,7-15H,2-3,5-6H2,1H3;1-3H2;2*1H;/q;;;;;+2/p-2. The van der Waals surface area contributed by atoms with Crippen LogP contribution in [0, 0.1) is 11.8 Å². The van der Waals surface area contributed by atoms with E-state index in [0.717, 1.165) is 23.3 Å². The Bertz CT molecular complexity index is 1760. The van der Waals surface area contributed by atoms with Crippen LogP contribution in [0.5, 0.6) is 11.5 Å². The Morgan fingerprint density at radius 3 is 1.24 bits per heavy atom. The van der Waals surface area contributed by atoms with Crippen molar-refractivity contribution < 1.29 is 50.9 Å². The third-order valence-corrected chi connectivity index (χ3v) is 22.7. The predicted molar refractivity (Wildman–Crippen MR) is 196 cm³/mol. The van der Waals surface area contributed by atoms with Crippen LogP contribution in [0.3, 0.4) is 0 Å². The number of fused-ring (bicyclic) bond motifs is 2. The molecule has 1 heterocycles. The van der Waals surface area contributed by atoms with Gasteiger partial charge in [-0.05, 0) is 0 Å². The molecule has 5 heteroatoms. The van der Waals surface area contributed by atoms with Gasteiger partial charge >= 0.3 is 292 Å². The number of halogens is 2. The molecule has 50 heavy (non-hydrogen) atoms. The van der Waals surface area contributed by atoms with E-state index < -0.39 is 16.6 Å². The summed E-state index contributed by atoms with van der Waals surface area (Å²) >= 11 is -2.63. The summed E-state index contributed by atoms with van der Waals surface area (Å²) in [6.07, 6.45) is 18.0. The Labute approximate surface area is 314 Å². The Morgan fingerprint density at radius 1 is 0.500 bits per heavy atom. The molecule has 0 bridgehead atoms. The summed E-state index contributed by atoms with van der Waals surface area (Å²) in [4.78, 5) is 0. The van der Waals surface area contributed by atoms with Crippen molar-refractivity contribution in [2.75, 3.05) is 14.2 Å². The quantitative estimate of drug-likeness (QED) is 0.195. The zero-order valence-electron chi connectivity index (χ0n) is 29.4. The molecule has 0 radical (unpaired) electrons. The molecule has 5 aliphatic rings. The van der Waals surface area contributed by atoms with Crippen LogP contribution in [-0.4, -0.2) is 14.2 Å². The smallest absolute Gasteiger partial charge is 1.00 e. The molecule has 4 aromatic rings. The summed E-state index contributed by atoms with van der Waals surface area (Å²) in [5, 5.41) is 0. The number of hydrogen-bond donors (Lipinski definition) is 0. The zero-order chi connectivity index (χ0) is 32.2. The number of hydrogen-bond acceptors (Lipinski definition) is 2. The fourth-order valence-corrected chi connectivity index (χ4v) is 20.7. The fourth-order valence-electron chi connectivity index (χ4n) is 10.7. The van der Waals surface area contributed by atoms with E-state index >= 15 is 0 Å². The molecule has 0 amide bonds. The van der Waals surface area contributed by atoms with Crippen LogP contribution in [0.2, 0.25) is 9.45 Å². The summed E-state index contributed by atoms with van der Waals surface area (Å²) in [5.74, 6) is 3.35. The van der Waals surface area contributed by atoms with Crippen LogP contribution in [0.15, 0.2) is 96.1 Å². The van der Waals surface area contributed by atoms with Crippen LogP contribution in [0.4, 0.5) is 0 Å². The number of ether oxygens (including phenoxy) is 2. The van der Waals surface area contributed by atoms with Gasteiger partial charge in [0.15, 0.2) is 0 Å². The fraction of sp³-hybridized carbons (Fsp3) is 0.378. The molecule has 2 saturated carbocycles. The van der Waals surface area contributed by atoms with Crippen molar-refractivity contribution in [3.63, 3.8) is 0 Å². The van der Waals surface area contributed by atoms with Gasteiger partial charge in [-0.3, -0.25) is 0 Å². The molecule has 2 unspecified atom stereocenters. The molecule has 258 valence electrons. The van der Waals surface area contributed by atoms with Crippen molar-refractivity contribution in [2.24, 2.45) is 11.8 Å².